The number of amides is 1. The molecule has 2 heterocycles. The molecule has 110 valence electrons. The highest BCUT2D eigenvalue weighted by Crippen LogP contribution is 2.42. The van der Waals surface area contributed by atoms with E-state index in [1.54, 1.807) is 0 Å². The average molecular weight is 294 g/mol. The number of ether oxygens (including phenoxy) is 1. The minimum absolute atomic E-state index is 0.142. The van der Waals surface area contributed by atoms with Crippen LogP contribution in [0.25, 0.3) is 0 Å². The van der Waals surface area contributed by atoms with Crippen LogP contribution < -0.4 is 10.1 Å². The molecule has 0 spiro atoms. The Kier molecular flexibility index (Phi) is 3.39. The van der Waals surface area contributed by atoms with Crippen LogP contribution >= 0.6 is 0 Å². The van der Waals surface area contributed by atoms with Gasteiger partial charge >= 0.3 is 0 Å². The number of aromatic nitrogens is 2. The monoisotopic (exact) mass is 294 g/mol. The van der Waals surface area contributed by atoms with Crippen molar-refractivity contribution in [2.75, 3.05) is 0 Å². The van der Waals surface area contributed by atoms with Crippen molar-refractivity contribution in [3.63, 3.8) is 0 Å². The summed E-state index contributed by atoms with van der Waals surface area (Å²) < 4.78 is 5.60. The Bertz CT molecular complexity index is 799. The van der Waals surface area contributed by atoms with Crippen LogP contribution in [0.15, 0.2) is 41.8 Å². The molecule has 0 radical (unpaired) electrons. The van der Waals surface area contributed by atoms with Gasteiger partial charge < -0.3 is 4.74 Å². The average Bonchev–Trinajstić information content (AvgIpc) is 2.87. The Balaban J connectivity index is 2.21. The number of aromatic amines is 1. The summed E-state index contributed by atoms with van der Waals surface area (Å²) in [6.07, 6.45) is 0. The van der Waals surface area contributed by atoms with E-state index in [0.29, 0.717) is 11.5 Å². The molecular formula is C16H14N4O2. The second kappa shape index (κ2) is 5.37. The summed E-state index contributed by atoms with van der Waals surface area (Å²) in [6, 6.07) is 11.8. The first-order valence-corrected chi connectivity index (χ1v) is 6.81. The van der Waals surface area contributed by atoms with Gasteiger partial charge in [0.25, 0.3) is 0 Å². The molecule has 22 heavy (non-hydrogen) atoms. The Morgan fingerprint density at radius 3 is 2.77 bits per heavy atom. The predicted octanol–water partition coefficient (Wildman–Crippen LogP) is 2.11. The second-order valence-corrected chi connectivity index (χ2v) is 5.05. The van der Waals surface area contributed by atoms with E-state index in [2.05, 4.69) is 21.6 Å². The van der Waals surface area contributed by atoms with Gasteiger partial charge in [0, 0.05) is 18.2 Å². The number of carbonyl (C=O) groups is 1. The molecule has 3 rings (SSSR count). The summed E-state index contributed by atoms with van der Waals surface area (Å²) in [7, 11) is 0. The van der Waals surface area contributed by atoms with Gasteiger partial charge in [0.15, 0.2) is 0 Å². The Labute approximate surface area is 127 Å². The van der Waals surface area contributed by atoms with Gasteiger partial charge in [0.2, 0.25) is 17.7 Å². The van der Waals surface area contributed by atoms with E-state index in [4.69, 9.17) is 4.74 Å². The lowest BCUT2D eigenvalue weighted by molar-refractivity contribution is -0.118. The first-order valence-electron chi connectivity index (χ1n) is 6.81. The SMILES string of the molecule is CC(=O)NC1=C(C#N)C(c2ccccc2)c2c(n[nH]c2C)O1. The molecular weight excluding hydrogens is 280 g/mol. The molecule has 0 aliphatic carbocycles. The lowest BCUT2D eigenvalue weighted by Gasteiger charge is -2.25. The van der Waals surface area contributed by atoms with E-state index >= 15 is 0 Å². The van der Waals surface area contributed by atoms with Crippen molar-refractivity contribution < 1.29 is 9.53 Å². The van der Waals surface area contributed by atoms with Crippen LogP contribution in [0.3, 0.4) is 0 Å². The number of nitriles is 1. The number of aryl methyl sites for hydroxylation is 1. The Morgan fingerprint density at radius 2 is 2.14 bits per heavy atom. The molecule has 1 amide bonds. The summed E-state index contributed by atoms with van der Waals surface area (Å²) >= 11 is 0. The van der Waals surface area contributed by atoms with Crippen LogP contribution in [-0.2, 0) is 4.79 Å². The van der Waals surface area contributed by atoms with E-state index in [9.17, 15) is 10.1 Å². The van der Waals surface area contributed by atoms with E-state index in [1.807, 2.05) is 37.3 Å². The maximum Gasteiger partial charge on any atom is 0.244 e. The smallest absolute Gasteiger partial charge is 0.244 e. The van der Waals surface area contributed by atoms with E-state index < -0.39 is 0 Å². The van der Waals surface area contributed by atoms with Gasteiger partial charge in [-0.05, 0) is 12.5 Å². The second-order valence-electron chi connectivity index (χ2n) is 5.05. The van der Waals surface area contributed by atoms with Crippen LogP contribution in [-0.4, -0.2) is 16.1 Å². The quantitative estimate of drug-likeness (QED) is 0.887. The van der Waals surface area contributed by atoms with Gasteiger partial charge in [-0.1, -0.05) is 30.3 Å². The van der Waals surface area contributed by atoms with Crippen molar-refractivity contribution in [2.24, 2.45) is 0 Å². The Hall–Kier alpha value is -3.07. The zero-order valence-corrected chi connectivity index (χ0v) is 12.2. The van der Waals surface area contributed by atoms with Gasteiger partial charge in [0.1, 0.15) is 11.6 Å². The molecule has 0 saturated heterocycles. The van der Waals surface area contributed by atoms with Crippen molar-refractivity contribution in [1.82, 2.24) is 15.5 Å². The van der Waals surface area contributed by atoms with E-state index in [1.165, 1.54) is 6.92 Å². The zero-order valence-electron chi connectivity index (χ0n) is 12.2. The molecule has 1 unspecified atom stereocenters. The molecule has 2 N–H and O–H groups in total. The van der Waals surface area contributed by atoms with Crippen molar-refractivity contribution in [1.29, 1.82) is 5.26 Å². The first-order chi connectivity index (χ1) is 10.6. The molecule has 0 saturated carbocycles. The first kappa shape index (κ1) is 13.9. The normalized spacial score (nSPS) is 16.5. The summed E-state index contributed by atoms with van der Waals surface area (Å²) in [5, 5.41) is 19.2. The van der Waals surface area contributed by atoms with Gasteiger partial charge in [-0.2, -0.15) is 5.26 Å². The minimum atomic E-state index is -0.324. The highest BCUT2D eigenvalue weighted by molar-refractivity contribution is 5.75. The number of benzene rings is 1. The van der Waals surface area contributed by atoms with Crippen LogP contribution in [0.4, 0.5) is 0 Å². The van der Waals surface area contributed by atoms with E-state index in [0.717, 1.165) is 16.8 Å². The summed E-state index contributed by atoms with van der Waals surface area (Å²) in [6.45, 7) is 3.25. The highest BCUT2D eigenvalue weighted by Gasteiger charge is 2.35. The number of nitrogens with zero attached hydrogens (tertiary/aromatic N) is 2. The minimum Gasteiger partial charge on any atom is -0.420 e. The van der Waals surface area contributed by atoms with Gasteiger partial charge in [-0.25, -0.2) is 0 Å². The highest BCUT2D eigenvalue weighted by atomic mass is 16.5. The Morgan fingerprint density at radius 1 is 1.41 bits per heavy atom. The topological polar surface area (TPSA) is 90.8 Å². The van der Waals surface area contributed by atoms with Crippen LogP contribution in [0.1, 0.15) is 29.7 Å². The molecule has 1 aliphatic rings. The number of nitrogens with one attached hydrogen (secondary N) is 2. The number of rotatable bonds is 2. The molecule has 0 fully saturated rings. The number of allylic oxidation sites excluding steroid dienone is 1. The molecule has 2 aromatic rings. The molecule has 1 aromatic heterocycles. The molecule has 6 nitrogen and oxygen atoms in total. The van der Waals surface area contributed by atoms with Gasteiger partial charge in [0.05, 0.1) is 5.92 Å². The molecule has 1 aromatic carbocycles. The molecule has 0 bridgehead atoms. The van der Waals surface area contributed by atoms with Crippen molar-refractivity contribution in [2.45, 2.75) is 19.8 Å². The van der Waals surface area contributed by atoms with Gasteiger partial charge in [-0.15, -0.1) is 5.10 Å². The lowest BCUT2D eigenvalue weighted by Crippen LogP contribution is -2.29. The maximum absolute atomic E-state index is 11.4. The summed E-state index contributed by atoms with van der Waals surface area (Å²) in [4.78, 5) is 11.4. The number of hydrogen-bond acceptors (Lipinski definition) is 4. The lowest BCUT2D eigenvalue weighted by atomic mass is 9.84. The summed E-state index contributed by atoms with van der Waals surface area (Å²) in [5.74, 6) is -0.0993. The van der Waals surface area contributed by atoms with Crippen LogP contribution in [0.5, 0.6) is 5.88 Å². The van der Waals surface area contributed by atoms with Crippen molar-refractivity contribution in [3.8, 4) is 11.9 Å². The third kappa shape index (κ3) is 2.23. The fourth-order valence-corrected chi connectivity index (χ4v) is 2.61. The van der Waals surface area contributed by atoms with Crippen LogP contribution in [0.2, 0.25) is 0 Å². The van der Waals surface area contributed by atoms with Gasteiger partial charge in [-0.3, -0.25) is 15.2 Å². The zero-order chi connectivity index (χ0) is 15.7. The standard InChI is InChI=1S/C16H14N4O2/c1-9-13-14(11-6-4-3-5-7-11)12(8-17)15(18-10(2)21)22-16(13)20-19-9/h3-7,14H,1-2H3,(H,18,21)(H,19,20). The number of H-pyrrole nitrogens is 1. The molecule has 1 aliphatic heterocycles. The number of fused-ring (bicyclic) bond motifs is 1. The van der Waals surface area contributed by atoms with Crippen LogP contribution in [0, 0.1) is 18.3 Å². The molecule has 1 atom stereocenters. The largest absolute Gasteiger partial charge is 0.420 e. The van der Waals surface area contributed by atoms with E-state index in [-0.39, 0.29) is 17.7 Å². The fraction of sp³-hybridized carbons (Fsp3) is 0.188. The number of hydrogen-bond donors (Lipinski definition) is 2. The maximum atomic E-state index is 11.4. The fourth-order valence-electron chi connectivity index (χ4n) is 2.61. The number of carbonyl (C=O) groups excluding carboxylic acids is 1. The van der Waals surface area contributed by atoms with Crippen molar-refractivity contribution in [3.05, 3.63) is 58.6 Å². The third-order valence-electron chi connectivity index (χ3n) is 3.52. The summed E-state index contributed by atoms with van der Waals surface area (Å²) in [5.41, 5.74) is 2.95. The molecule has 6 heteroatoms. The predicted molar refractivity (Wildman–Crippen MR) is 78.7 cm³/mol. The van der Waals surface area contributed by atoms with Crippen molar-refractivity contribution >= 4 is 5.91 Å². The third-order valence-corrected chi connectivity index (χ3v) is 3.52.